The molecule has 4 nitrogen and oxygen atoms in total. The maximum Gasteiger partial charge on any atom is 0.223 e. The molecule has 0 saturated carbocycles. The molecule has 3 aromatic rings. The Morgan fingerprint density at radius 1 is 1.21 bits per heavy atom. The number of carbonyl (C=O) groups excluding carboxylic acids is 1. The van der Waals surface area contributed by atoms with Crippen molar-refractivity contribution < 1.29 is 18.0 Å². The van der Waals surface area contributed by atoms with Crippen molar-refractivity contribution >= 4 is 21.8 Å². The average molecular weight is 461 g/mol. The van der Waals surface area contributed by atoms with Crippen molar-refractivity contribution in [2.24, 2.45) is 0 Å². The number of rotatable bonds is 5. The van der Waals surface area contributed by atoms with Gasteiger partial charge in [0.05, 0.1) is 17.8 Å². The molecular formula is C22H19BrF2N2O2. The first-order valence-corrected chi connectivity index (χ1v) is 10.3. The van der Waals surface area contributed by atoms with Gasteiger partial charge < -0.3 is 9.32 Å². The number of oxazole rings is 1. The fraction of sp³-hybridized carbons (Fsp3) is 0.273. The lowest BCUT2D eigenvalue weighted by atomic mass is 10.0. The zero-order valence-corrected chi connectivity index (χ0v) is 17.2. The van der Waals surface area contributed by atoms with E-state index in [1.807, 2.05) is 29.2 Å². The smallest absolute Gasteiger partial charge is 0.223 e. The molecule has 2 heterocycles. The number of aryl methyl sites for hydroxylation is 1. The van der Waals surface area contributed by atoms with Crippen LogP contribution in [0.4, 0.5) is 8.78 Å². The summed E-state index contributed by atoms with van der Waals surface area (Å²) in [6.07, 6.45) is 3.90. The first-order valence-electron chi connectivity index (χ1n) is 9.46. The number of aromatic nitrogens is 1. The van der Waals surface area contributed by atoms with Crippen LogP contribution >= 0.6 is 15.9 Å². The molecule has 2 aromatic carbocycles. The third kappa shape index (κ3) is 4.40. The predicted octanol–water partition coefficient (Wildman–Crippen LogP) is 5.68. The summed E-state index contributed by atoms with van der Waals surface area (Å²) in [5.41, 5.74) is 1.27. The van der Waals surface area contributed by atoms with Crippen molar-refractivity contribution in [3.8, 4) is 11.3 Å². The minimum atomic E-state index is -0.710. The Balaban J connectivity index is 1.40. The molecule has 0 radical (unpaired) electrons. The van der Waals surface area contributed by atoms with Crippen LogP contribution in [-0.4, -0.2) is 22.3 Å². The quantitative estimate of drug-likeness (QED) is 0.491. The third-order valence-electron chi connectivity index (χ3n) is 5.13. The van der Waals surface area contributed by atoms with Gasteiger partial charge in [-0.05, 0) is 42.7 Å². The molecule has 1 fully saturated rings. The minimum Gasteiger partial charge on any atom is -0.441 e. The average Bonchev–Trinajstić information content (AvgIpc) is 3.36. The Morgan fingerprint density at radius 3 is 2.76 bits per heavy atom. The monoisotopic (exact) mass is 460 g/mol. The maximum absolute atomic E-state index is 13.9. The summed E-state index contributed by atoms with van der Waals surface area (Å²) in [5.74, 6) is -0.737. The van der Waals surface area contributed by atoms with Gasteiger partial charge in [0, 0.05) is 29.9 Å². The number of hydrogen-bond acceptors (Lipinski definition) is 3. The number of halogens is 3. The van der Waals surface area contributed by atoms with Crippen LogP contribution in [0.5, 0.6) is 0 Å². The van der Waals surface area contributed by atoms with Crippen LogP contribution in [0.3, 0.4) is 0 Å². The molecule has 1 aliphatic rings. The van der Waals surface area contributed by atoms with Crippen LogP contribution in [0, 0.1) is 11.6 Å². The summed E-state index contributed by atoms with van der Waals surface area (Å²) in [6.45, 7) is 0.733. The van der Waals surface area contributed by atoms with Crippen LogP contribution in [0.2, 0.25) is 0 Å². The van der Waals surface area contributed by atoms with E-state index in [-0.39, 0.29) is 29.7 Å². The summed E-state index contributed by atoms with van der Waals surface area (Å²) in [6, 6.07) is 11.4. The Labute approximate surface area is 175 Å². The van der Waals surface area contributed by atoms with Crippen molar-refractivity contribution in [2.75, 3.05) is 6.54 Å². The fourth-order valence-corrected chi connectivity index (χ4v) is 3.96. The van der Waals surface area contributed by atoms with Gasteiger partial charge in [0.2, 0.25) is 5.91 Å². The van der Waals surface area contributed by atoms with E-state index in [1.54, 1.807) is 0 Å². The Hall–Kier alpha value is -2.54. The van der Waals surface area contributed by atoms with Crippen LogP contribution in [0.15, 0.2) is 57.6 Å². The fourth-order valence-electron chi connectivity index (χ4n) is 3.69. The lowest BCUT2D eigenvalue weighted by Crippen LogP contribution is -2.30. The number of nitrogens with zero attached hydrogens (tertiary/aromatic N) is 2. The Kier molecular flexibility index (Phi) is 5.76. The summed E-state index contributed by atoms with van der Waals surface area (Å²) in [4.78, 5) is 18.8. The highest BCUT2D eigenvalue weighted by Gasteiger charge is 2.29. The zero-order chi connectivity index (χ0) is 20.4. The van der Waals surface area contributed by atoms with Crippen molar-refractivity contribution in [3.05, 3.63) is 76.2 Å². The summed E-state index contributed by atoms with van der Waals surface area (Å²) >= 11 is 3.44. The summed E-state index contributed by atoms with van der Waals surface area (Å²) in [7, 11) is 0. The van der Waals surface area contributed by atoms with Gasteiger partial charge in [-0.15, -0.1) is 0 Å². The van der Waals surface area contributed by atoms with Gasteiger partial charge in [0.1, 0.15) is 11.6 Å². The summed E-state index contributed by atoms with van der Waals surface area (Å²) < 4.78 is 33.6. The minimum absolute atomic E-state index is 0.0446. The second kappa shape index (κ2) is 8.45. The second-order valence-electron chi connectivity index (χ2n) is 7.04. The first kappa shape index (κ1) is 19.8. The molecule has 1 atom stereocenters. The van der Waals surface area contributed by atoms with E-state index in [9.17, 15) is 13.6 Å². The molecule has 0 N–H and O–H groups in total. The van der Waals surface area contributed by atoms with Gasteiger partial charge in [-0.25, -0.2) is 13.8 Å². The van der Waals surface area contributed by atoms with Gasteiger partial charge in [-0.3, -0.25) is 4.79 Å². The molecular weight excluding hydrogens is 442 g/mol. The molecule has 1 aliphatic heterocycles. The predicted molar refractivity (Wildman–Crippen MR) is 108 cm³/mol. The van der Waals surface area contributed by atoms with Gasteiger partial charge in [-0.2, -0.15) is 0 Å². The molecule has 1 aromatic heterocycles. The van der Waals surface area contributed by atoms with Crippen LogP contribution in [0.25, 0.3) is 11.3 Å². The summed E-state index contributed by atoms with van der Waals surface area (Å²) in [5, 5.41) is 0. The van der Waals surface area contributed by atoms with Crippen molar-refractivity contribution in [1.82, 2.24) is 9.88 Å². The van der Waals surface area contributed by atoms with Crippen LogP contribution < -0.4 is 0 Å². The molecule has 0 aliphatic carbocycles. The van der Waals surface area contributed by atoms with E-state index in [0.29, 0.717) is 12.3 Å². The SMILES string of the molecule is O=C(CCc1ncc(-c2ccc(F)cc2F)o1)N1CCCC1c1ccc(Br)cc1. The van der Waals surface area contributed by atoms with Crippen molar-refractivity contribution in [3.63, 3.8) is 0 Å². The topological polar surface area (TPSA) is 46.3 Å². The van der Waals surface area contributed by atoms with Gasteiger partial charge in [0.25, 0.3) is 0 Å². The highest BCUT2D eigenvalue weighted by atomic mass is 79.9. The van der Waals surface area contributed by atoms with E-state index >= 15 is 0 Å². The van der Waals surface area contributed by atoms with E-state index in [4.69, 9.17) is 4.42 Å². The molecule has 1 unspecified atom stereocenters. The molecule has 0 bridgehead atoms. The van der Waals surface area contributed by atoms with E-state index in [1.165, 1.54) is 18.3 Å². The standard InChI is InChI=1S/C22H19BrF2N2O2/c23-15-5-3-14(4-6-15)19-2-1-11-27(19)22(28)10-9-21-26-13-20(29-21)17-8-7-16(24)12-18(17)25/h3-8,12-13,19H,1-2,9-11H2. The third-order valence-corrected chi connectivity index (χ3v) is 5.66. The Bertz CT molecular complexity index is 1020. The maximum atomic E-state index is 13.9. The molecule has 0 spiro atoms. The van der Waals surface area contributed by atoms with E-state index < -0.39 is 11.6 Å². The number of amides is 1. The molecule has 150 valence electrons. The van der Waals surface area contributed by atoms with Crippen LogP contribution in [0.1, 0.15) is 36.8 Å². The van der Waals surface area contributed by atoms with Gasteiger partial charge >= 0.3 is 0 Å². The molecule has 29 heavy (non-hydrogen) atoms. The first-order chi connectivity index (χ1) is 14.0. The van der Waals surface area contributed by atoms with Crippen molar-refractivity contribution in [1.29, 1.82) is 0 Å². The largest absolute Gasteiger partial charge is 0.441 e. The van der Waals surface area contributed by atoms with Crippen molar-refractivity contribution in [2.45, 2.75) is 31.7 Å². The molecule has 1 saturated heterocycles. The number of hydrogen-bond donors (Lipinski definition) is 0. The second-order valence-corrected chi connectivity index (χ2v) is 7.95. The lowest BCUT2D eigenvalue weighted by molar-refractivity contribution is -0.132. The molecule has 4 rings (SSSR count). The van der Waals surface area contributed by atoms with Gasteiger partial charge in [0.15, 0.2) is 11.7 Å². The molecule has 1 amide bonds. The van der Waals surface area contributed by atoms with Gasteiger partial charge in [-0.1, -0.05) is 28.1 Å². The highest BCUT2D eigenvalue weighted by molar-refractivity contribution is 9.10. The van der Waals surface area contributed by atoms with E-state index in [0.717, 1.165) is 35.5 Å². The number of benzene rings is 2. The number of likely N-dealkylation sites (tertiary alicyclic amines) is 1. The van der Waals surface area contributed by atoms with Crippen LogP contribution in [-0.2, 0) is 11.2 Å². The number of carbonyl (C=O) groups is 1. The zero-order valence-electron chi connectivity index (χ0n) is 15.6. The molecule has 7 heteroatoms. The highest BCUT2D eigenvalue weighted by Crippen LogP contribution is 2.33. The normalized spacial score (nSPS) is 16.4. The van der Waals surface area contributed by atoms with E-state index in [2.05, 4.69) is 20.9 Å². The lowest BCUT2D eigenvalue weighted by Gasteiger charge is -2.25. The Morgan fingerprint density at radius 2 is 2.00 bits per heavy atom.